The minimum atomic E-state index is 0. The van der Waals surface area contributed by atoms with Crippen molar-refractivity contribution in [2.45, 2.75) is 13.3 Å². The van der Waals surface area contributed by atoms with E-state index in [9.17, 15) is 0 Å². The molecule has 0 atom stereocenters. The molecular weight excluding hydrogens is 194 g/mol. The fraction of sp³-hybridized carbons (Fsp3) is 0.500. The maximum Gasteiger partial charge on any atom is 0.0975 e. The van der Waals surface area contributed by atoms with Crippen molar-refractivity contribution in [3.63, 3.8) is 0 Å². The molecule has 0 aliphatic carbocycles. The van der Waals surface area contributed by atoms with Gasteiger partial charge in [-0.2, -0.15) is 0 Å². The molecule has 0 bridgehead atoms. The van der Waals surface area contributed by atoms with E-state index < -0.39 is 0 Å². The minimum absolute atomic E-state index is 0. The molecule has 0 spiro atoms. The highest BCUT2D eigenvalue weighted by Gasteiger charge is 2.20. The van der Waals surface area contributed by atoms with Crippen molar-refractivity contribution in [2.24, 2.45) is 0 Å². The first-order valence-corrected chi connectivity index (χ1v) is 4.92. The van der Waals surface area contributed by atoms with Gasteiger partial charge in [0.2, 0.25) is 0 Å². The van der Waals surface area contributed by atoms with E-state index in [-0.39, 0.29) is 12.4 Å². The zero-order valence-corrected chi connectivity index (χ0v) is 9.97. The molecule has 82 valence electrons. The number of rotatable bonds is 8. The normalized spacial score (nSPS) is 10.1. The summed E-state index contributed by atoms with van der Waals surface area (Å²) in [6.07, 6.45) is 7.16. The molecule has 0 aliphatic rings. The number of halogens is 1. The van der Waals surface area contributed by atoms with E-state index in [1.807, 2.05) is 18.2 Å². The molecule has 0 aromatic heterocycles. The Balaban J connectivity index is 0. The van der Waals surface area contributed by atoms with Crippen molar-refractivity contribution in [1.82, 2.24) is 0 Å². The monoisotopic (exact) mass is 215 g/mol. The summed E-state index contributed by atoms with van der Waals surface area (Å²) in [5.41, 5.74) is 0. The van der Waals surface area contributed by atoms with Crippen LogP contribution in [0.4, 0.5) is 0 Å². The highest BCUT2D eigenvalue weighted by Crippen LogP contribution is 2.09. The molecule has 0 fully saturated rings. The van der Waals surface area contributed by atoms with Gasteiger partial charge in [-0.3, -0.25) is 0 Å². The van der Waals surface area contributed by atoms with E-state index in [4.69, 9.17) is 0 Å². The summed E-state index contributed by atoms with van der Waals surface area (Å²) in [6, 6.07) is 0. The van der Waals surface area contributed by atoms with Crippen LogP contribution in [0.3, 0.4) is 0 Å². The van der Waals surface area contributed by atoms with Crippen LogP contribution in [0.2, 0.25) is 0 Å². The Bertz CT molecular complexity index is 149. The lowest BCUT2D eigenvalue weighted by Crippen LogP contribution is -3.00. The molecule has 0 unspecified atom stereocenters. The quantitative estimate of drug-likeness (QED) is 0.388. The third-order valence-electron chi connectivity index (χ3n) is 2.25. The number of hydrogen-bond acceptors (Lipinski definition) is 0. The van der Waals surface area contributed by atoms with Crippen LogP contribution in [0, 0.1) is 0 Å². The van der Waals surface area contributed by atoms with Crippen LogP contribution in [0.25, 0.3) is 0 Å². The first-order valence-electron chi connectivity index (χ1n) is 4.92. The van der Waals surface area contributed by atoms with Gasteiger partial charge in [0.1, 0.15) is 0 Å². The molecule has 0 radical (unpaired) electrons. The highest BCUT2D eigenvalue weighted by molar-refractivity contribution is 4.76. The molecule has 0 amide bonds. The van der Waals surface area contributed by atoms with Crippen LogP contribution in [0.1, 0.15) is 13.3 Å². The Labute approximate surface area is 94.8 Å². The summed E-state index contributed by atoms with van der Waals surface area (Å²) in [5, 5.41) is 0. The lowest BCUT2D eigenvalue weighted by atomic mass is 10.2. The van der Waals surface area contributed by atoms with Crippen LogP contribution >= 0.6 is 0 Å². The molecule has 0 N–H and O–H groups in total. The Kier molecular flexibility index (Phi) is 10.3. The Hall–Kier alpha value is -0.530. The standard InChI is InChI=1S/C12H22N.ClH/c1-5-9-13(10-6-2,11-7-3)12-8-4;/h5-7H,1-3,8-12H2,4H3;1H/q+1;/p-1. The van der Waals surface area contributed by atoms with Crippen molar-refractivity contribution >= 4 is 0 Å². The molecule has 0 saturated heterocycles. The maximum absolute atomic E-state index is 3.81. The molecule has 0 aliphatic heterocycles. The zero-order chi connectivity index (χ0) is 10.2. The fourth-order valence-electron chi connectivity index (χ4n) is 1.79. The number of quaternary nitrogens is 1. The summed E-state index contributed by atoms with van der Waals surface area (Å²) in [7, 11) is 0. The van der Waals surface area contributed by atoms with Gasteiger partial charge in [-0.05, 0) is 24.6 Å². The first-order chi connectivity index (χ1) is 6.24. The smallest absolute Gasteiger partial charge is 0.0975 e. The van der Waals surface area contributed by atoms with E-state index in [1.165, 1.54) is 13.0 Å². The van der Waals surface area contributed by atoms with Crippen LogP contribution in [-0.2, 0) is 0 Å². The SMILES string of the molecule is C=CC[N+](CC=C)(CC=C)CCC.[Cl-]. The summed E-state index contributed by atoms with van der Waals surface area (Å²) >= 11 is 0. The zero-order valence-electron chi connectivity index (χ0n) is 9.21. The van der Waals surface area contributed by atoms with Gasteiger partial charge < -0.3 is 16.9 Å². The second kappa shape index (κ2) is 9.04. The Morgan fingerprint density at radius 2 is 1.29 bits per heavy atom. The predicted molar refractivity (Wildman–Crippen MR) is 60.6 cm³/mol. The van der Waals surface area contributed by atoms with Crippen LogP contribution in [-0.4, -0.2) is 30.7 Å². The topological polar surface area (TPSA) is 0 Å². The maximum atomic E-state index is 3.81. The molecule has 0 aromatic carbocycles. The first kappa shape index (κ1) is 15.9. The molecule has 0 aromatic rings. The molecule has 1 nitrogen and oxygen atoms in total. The van der Waals surface area contributed by atoms with Gasteiger partial charge in [-0.15, -0.1) is 0 Å². The summed E-state index contributed by atoms with van der Waals surface area (Å²) in [4.78, 5) is 0. The van der Waals surface area contributed by atoms with Crippen LogP contribution < -0.4 is 12.4 Å². The molecule has 0 rings (SSSR count). The third kappa shape index (κ3) is 5.25. The van der Waals surface area contributed by atoms with Gasteiger partial charge in [0, 0.05) is 0 Å². The van der Waals surface area contributed by atoms with Crippen molar-refractivity contribution in [2.75, 3.05) is 26.2 Å². The van der Waals surface area contributed by atoms with Gasteiger partial charge in [0.25, 0.3) is 0 Å². The largest absolute Gasteiger partial charge is 1.00 e. The van der Waals surface area contributed by atoms with Crippen molar-refractivity contribution in [3.05, 3.63) is 38.0 Å². The molecule has 2 heteroatoms. The van der Waals surface area contributed by atoms with E-state index in [2.05, 4.69) is 26.7 Å². The summed E-state index contributed by atoms with van der Waals surface area (Å²) in [6.45, 7) is 17.8. The average Bonchev–Trinajstić information content (AvgIpc) is 2.06. The number of hydrogen-bond donors (Lipinski definition) is 0. The van der Waals surface area contributed by atoms with E-state index >= 15 is 0 Å². The fourth-order valence-corrected chi connectivity index (χ4v) is 1.79. The van der Waals surface area contributed by atoms with Gasteiger partial charge in [-0.25, -0.2) is 0 Å². The van der Waals surface area contributed by atoms with E-state index in [0.29, 0.717) is 0 Å². The van der Waals surface area contributed by atoms with Crippen LogP contribution in [0.5, 0.6) is 0 Å². The second-order valence-corrected chi connectivity index (χ2v) is 3.48. The molecule has 0 saturated carbocycles. The van der Waals surface area contributed by atoms with Gasteiger partial charge in [0.15, 0.2) is 0 Å². The average molecular weight is 216 g/mol. The molecule has 14 heavy (non-hydrogen) atoms. The minimum Gasteiger partial charge on any atom is -1.00 e. The van der Waals surface area contributed by atoms with Crippen molar-refractivity contribution in [3.8, 4) is 0 Å². The van der Waals surface area contributed by atoms with Gasteiger partial charge >= 0.3 is 0 Å². The van der Waals surface area contributed by atoms with Gasteiger partial charge in [0.05, 0.1) is 26.2 Å². The lowest BCUT2D eigenvalue weighted by Gasteiger charge is -2.35. The molecule has 0 heterocycles. The highest BCUT2D eigenvalue weighted by atomic mass is 35.5. The third-order valence-corrected chi connectivity index (χ3v) is 2.25. The summed E-state index contributed by atoms with van der Waals surface area (Å²) in [5.74, 6) is 0. The lowest BCUT2D eigenvalue weighted by molar-refractivity contribution is -0.911. The van der Waals surface area contributed by atoms with E-state index in [1.54, 1.807) is 0 Å². The molecular formula is C12H22ClN. The van der Waals surface area contributed by atoms with Crippen LogP contribution in [0.15, 0.2) is 38.0 Å². The second-order valence-electron chi connectivity index (χ2n) is 3.48. The Morgan fingerprint density at radius 3 is 1.50 bits per heavy atom. The Morgan fingerprint density at radius 1 is 0.929 bits per heavy atom. The predicted octanol–water partition coefficient (Wildman–Crippen LogP) is -0.225. The summed E-state index contributed by atoms with van der Waals surface area (Å²) < 4.78 is 1.02. The number of nitrogens with zero attached hydrogens (tertiary/aromatic N) is 1. The van der Waals surface area contributed by atoms with Crippen molar-refractivity contribution < 1.29 is 16.9 Å². The van der Waals surface area contributed by atoms with Crippen molar-refractivity contribution in [1.29, 1.82) is 0 Å². The van der Waals surface area contributed by atoms with E-state index in [0.717, 1.165) is 24.1 Å². The van der Waals surface area contributed by atoms with Gasteiger partial charge in [-0.1, -0.05) is 26.7 Å².